The minimum absolute atomic E-state index is 0.0373. The summed E-state index contributed by atoms with van der Waals surface area (Å²) in [5.74, 6) is -4.88. The summed E-state index contributed by atoms with van der Waals surface area (Å²) in [4.78, 5) is 144. The summed E-state index contributed by atoms with van der Waals surface area (Å²) in [5.41, 5.74) is -7.33. The number of aryl methyl sites for hydroxylation is 1. The number of carboxylic acid groups (broad SMARTS) is 1. The highest BCUT2D eigenvalue weighted by atomic mass is 31.2. The van der Waals surface area contributed by atoms with Gasteiger partial charge in [-0.05, 0) is 113 Å². The maximum Gasteiger partial charge on any atom is 0.524 e. The molecule has 0 spiro atoms. The number of phosphoric ester groups is 1. The Balaban J connectivity index is 1.09. The van der Waals surface area contributed by atoms with Crippen molar-refractivity contribution >= 4 is 61.8 Å². The van der Waals surface area contributed by atoms with E-state index in [2.05, 4.69) is 51.5 Å². The number of hydrogen-bond acceptors (Lipinski definition) is 22. The maximum atomic E-state index is 16.8. The zero-order chi connectivity index (χ0) is 84.6. The molecule has 3 aromatic carbocycles. The topological polar surface area (TPSA) is 384 Å². The number of methoxy groups -OCH3 is 2. The van der Waals surface area contributed by atoms with Crippen LogP contribution in [-0.4, -0.2) is 219 Å². The highest BCUT2D eigenvalue weighted by Crippen LogP contribution is 2.47. The number of carbonyl (C=O) groups excluding carboxylic acids is 7. The van der Waals surface area contributed by atoms with Crippen molar-refractivity contribution in [2.45, 2.75) is 160 Å². The molecule has 6 heterocycles. The molecule has 4 fully saturated rings. The molecule has 9 rings (SSSR count). The first kappa shape index (κ1) is 88.5. The number of aliphatic carboxylic acids is 1. The molecule has 2 aromatic heterocycles. The summed E-state index contributed by atoms with van der Waals surface area (Å²) in [6.45, 7) is 1.21. The Bertz CT molecular complexity index is 4480. The molecule has 4 saturated heterocycles. The number of rotatable bonds is 30. The minimum atomic E-state index is -5.42. The lowest BCUT2D eigenvalue weighted by atomic mass is 9.77. The number of halogens is 10. The number of likely N-dealkylation sites (tertiary alicyclic amines) is 1. The first-order valence-corrected chi connectivity index (χ1v) is 37.2. The Morgan fingerprint density at radius 3 is 1.85 bits per heavy atom. The van der Waals surface area contributed by atoms with E-state index in [0.717, 1.165) is 32.2 Å². The van der Waals surface area contributed by atoms with Gasteiger partial charge in [0.2, 0.25) is 24.6 Å². The number of ether oxygens (including phenoxy) is 6. The van der Waals surface area contributed by atoms with Crippen molar-refractivity contribution in [3.63, 3.8) is 0 Å². The smallest absolute Gasteiger partial charge is 0.481 e. The van der Waals surface area contributed by atoms with Crippen LogP contribution >= 0.6 is 7.82 Å². The molecule has 4 aliphatic heterocycles. The Morgan fingerprint density at radius 2 is 1.33 bits per heavy atom. The highest BCUT2D eigenvalue weighted by Gasteiger charge is 2.58. The molecule has 626 valence electrons. The molecule has 0 saturated carbocycles. The van der Waals surface area contributed by atoms with Gasteiger partial charge in [-0.1, -0.05) is 43.9 Å². The van der Waals surface area contributed by atoms with Gasteiger partial charge < -0.3 is 63.8 Å². The third kappa shape index (κ3) is 22.2. The molecule has 5 amide bonds. The standard InChI is InChI=1S/C73H85F10N12O19P/c1-39-22-45(27-56(96)91-20-18-43(31-91)63(100)101)58(54(23-39)114-115(105,106)107)69(2,3)28-57(97)111-38-112-68(104)113-55(35-93(90-62(99)60(88-67(103)109-9)71(6,7)73(81,82)83)34-49-50(74)25-44(26-51(49)75)52-19-21-94(89-52)64(76)77)53(86-61(98)59(87-66(102)108-8)70(4,5)72(78,79)80)24-41-13-10-40(11-14-41)12-15-42-29-84-65(85-30-42)92-32-46-16-17-47(33-92)95(46)48-36-110-37-48/h10-11,13-14,19,21-23,25-26,29-30,43,46-48,53,55,59-60,64H,16-18,20,24,27-28,31-38H2,1-9H3,(H,86,98)(H,87,102)(H,88,103)(H,90,99)(H,100,101)(H2,105,106,107)/t43-,46?,47?,53-,55-,59+,60+/m0/s1. The van der Waals surface area contributed by atoms with Gasteiger partial charge in [-0.3, -0.25) is 44.1 Å². The van der Waals surface area contributed by atoms with Crippen molar-refractivity contribution in [3.05, 3.63) is 124 Å². The maximum absolute atomic E-state index is 16.8. The molecular formula is C73H85F10N12O19P. The fourth-order valence-corrected chi connectivity index (χ4v) is 14.3. The normalized spacial score (nSPS) is 17.9. The average molecular weight is 1660 g/mol. The number of benzene rings is 3. The van der Waals surface area contributed by atoms with Gasteiger partial charge in [0.1, 0.15) is 35.6 Å². The molecule has 31 nitrogen and oxygen atoms in total. The number of amides is 5. The molecule has 2 unspecified atom stereocenters. The van der Waals surface area contributed by atoms with E-state index < -0.39 is 194 Å². The largest absolute Gasteiger partial charge is 0.524 e. The van der Waals surface area contributed by atoms with Crippen molar-refractivity contribution in [1.29, 1.82) is 0 Å². The van der Waals surface area contributed by atoms with Gasteiger partial charge in [-0.15, -0.1) is 0 Å². The van der Waals surface area contributed by atoms with Gasteiger partial charge in [0.25, 0.3) is 5.91 Å². The van der Waals surface area contributed by atoms with Gasteiger partial charge >= 0.3 is 57.0 Å². The van der Waals surface area contributed by atoms with Crippen molar-refractivity contribution in [3.8, 4) is 28.8 Å². The van der Waals surface area contributed by atoms with Crippen LogP contribution in [0.25, 0.3) is 11.3 Å². The van der Waals surface area contributed by atoms with Crippen LogP contribution in [0.5, 0.6) is 5.75 Å². The van der Waals surface area contributed by atoms with Crippen LogP contribution in [0.15, 0.2) is 73.2 Å². The summed E-state index contributed by atoms with van der Waals surface area (Å²) in [5, 5.41) is 19.4. The second kappa shape index (κ2) is 36.2. The number of carbonyl (C=O) groups is 8. The number of fused-ring (bicyclic) bond motifs is 2. The average Bonchev–Trinajstić information content (AvgIpc) is 1.77. The number of nitrogens with one attached hydrogen (secondary N) is 4. The van der Waals surface area contributed by atoms with Gasteiger partial charge in [0, 0.05) is 91.1 Å². The number of hydrogen-bond donors (Lipinski definition) is 7. The Hall–Kier alpha value is -10.4. The van der Waals surface area contributed by atoms with Crippen LogP contribution in [0.3, 0.4) is 0 Å². The number of aromatic nitrogens is 4. The number of carboxylic acids is 1. The van der Waals surface area contributed by atoms with Gasteiger partial charge in [0.05, 0.1) is 86.9 Å². The number of nitrogens with zero attached hydrogens (tertiary/aromatic N) is 8. The predicted molar refractivity (Wildman–Crippen MR) is 381 cm³/mol. The SMILES string of the molecule is COC(=O)N[C@H](C(=O)N[C@@H](Cc1ccc(C#Cc2cnc(N3CC4CCC(C3)N4C3COC3)nc2)cc1)[C@H](CN(Cc1c(F)cc(-c2ccn(C(F)F)n2)cc1F)NC(=O)[C@@H](NC(=O)OC)C(C)(C)C(F)(F)F)OC(=O)OCOC(=O)CC(C)(C)c1c(CC(=O)N2CC[C@H](C(=O)O)C2)cc(C)cc1OP(=O)(O)O)C(C)(C)C(F)(F)F. The lowest BCUT2D eigenvalue weighted by Crippen LogP contribution is -2.64. The summed E-state index contributed by atoms with van der Waals surface area (Å²) in [6, 6.07) is 3.60. The molecule has 42 heteroatoms. The van der Waals surface area contributed by atoms with E-state index in [0.29, 0.717) is 113 Å². The van der Waals surface area contributed by atoms with E-state index in [4.69, 9.17) is 23.5 Å². The third-order valence-electron chi connectivity index (χ3n) is 20.3. The fraction of sp³-hybridized carbons (Fsp3) is 0.521. The van der Waals surface area contributed by atoms with E-state index in [1.807, 2.05) is 10.7 Å². The Labute approximate surface area is 651 Å². The summed E-state index contributed by atoms with van der Waals surface area (Å²) in [7, 11) is -3.97. The number of anilines is 1. The number of esters is 1. The molecule has 4 aliphatic rings. The van der Waals surface area contributed by atoms with Gasteiger partial charge in [0.15, 0.2) is 0 Å². The number of alkyl halides is 8. The number of alkyl carbamates (subject to hydrolysis) is 2. The molecule has 5 aromatic rings. The zero-order valence-electron chi connectivity index (χ0n) is 63.4. The van der Waals surface area contributed by atoms with E-state index in [1.54, 1.807) is 5.32 Å². The van der Waals surface area contributed by atoms with Gasteiger partial charge in [-0.2, -0.15) is 40.2 Å². The predicted octanol–water partition coefficient (Wildman–Crippen LogP) is 8.30. The first-order valence-electron chi connectivity index (χ1n) is 35.7. The van der Waals surface area contributed by atoms with Crippen molar-refractivity contribution in [2.24, 2.45) is 16.7 Å². The second-order valence-corrected chi connectivity index (χ2v) is 30.9. The first-order chi connectivity index (χ1) is 53.7. The van der Waals surface area contributed by atoms with Gasteiger partial charge in [-0.25, -0.2) is 47.4 Å². The molecule has 7 atom stereocenters. The van der Waals surface area contributed by atoms with Crippen LogP contribution < -0.4 is 30.8 Å². The number of hydrazine groups is 1. The van der Waals surface area contributed by atoms with Crippen LogP contribution in [0.1, 0.15) is 113 Å². The van der Waals surface area contributed by atoms with Crippen LogP contribution in [-0.2, 0) is 81.8 Å². The monoisotopic (exact) mass is 1650 g/mol. The fourth-order valence-electron chi connectivity index (χ4n) is 13.9. The zero-order valence-corrected chi connectivity index (χ0v) is 64.3. The lowest BCUT2D eigenvalue weighted by molar-refractivity contribution is -0.221. The van der Waals surface area contributed by atoms with Crippen LogP contribution in [0, 0.1) is 47.1 Å². The van der Waals surface area contributed by atoms with E-state index in [9.17, 15) is 66.6 Å². The number of piperazine rings is 1. The minimum Gasteiger partial charge on any atom is -0.481 e. The summed E-state index contributed by atoms with van der Waals surface area (Å²) < 4.78 is 200. The number of phosphoric acid groups is 1. The van der Waals surface area contributed by atoms with Crippen LogP contribution in [0.4, 0.5) is 64.2 Å². The quantitative estimate of drug-likeness (QED) is 0.00432. The Kier molecular flexibility index (Phi) is 27.9. The van der Waals surface area contributed by atoms with E-state index in [1.165, 1.54) is 74.5 Å². The van der Waals surface area contributed by atoms with Crippen LogP contribution in [0.2, 0.25) is 0 Å². The van der Waals surface area contributed by atoms with Crippen molar-refractivity contribution in [2.75, 3.05) is 71.8 Å². The molecule has 115 heavy (non-hydrogen) atoms. The third-order valence-corrected chi connectivity index (χ3v) is 20.7. The second-order valence-electron chi connectivity index (χ2n) is 29.7. The lowest BCUT2D eigenvalue weighted by Gasteiger charge is -2.47. The summed E-state index contributed by atoms with van der Waals surface area (Å²) >= 11 is 0. The molecule has 2 bridgehead atoms. The van der Waals surface area contributed by atoms with Crippen molar-refractivity contribution < 1.29 is 135 Å². The highest BCUT2D eigenvalue weighted by molar-refractivity contribution is 7.46. The van der Waals surface area contributed by atoms with Crippen molar-refractivity contribution in [1.82, 2.24) is 55.9 Å². The summed E-state index contributed by atoms with van der Waals surface area (Å²) in [6.07, 6.45) is -14.6. The Morgan fingerprint density at radius 1 is 0.748 bits per heavy atom. The molecular weight excluding hydrogens is 1570 g/mol. The molecule has 0 radical (unpaired) electrons. The molecule has 7 N–H and O–H groups in total. The van der Waals surface area contributed by atoms with E-state index >= 15 is 35.1 Å². The molecule has 0 aliphatic carbocycles. The van der Waals surface area contributed by atoms with E-state index in [-0.39, 0.29) is 46.4 Å².